The van der Waals surface area contributed by atoms with Crippen molar-refractivity contribution in [1.82, 2.24) is 14.9 Å². The van der Waals surface area contributed by atoms with Crippen molar-refractivity contribution >= 4 is 6.21 Å². The van der Waals surface area contributed by atoms with Gasteiger partial charge in [0.05, 0.1) is 12.3 Å². The van der Waals surface area contributed by atoms with Gasteiger partial charge in [-0.05, 0) is 20.8 Å². The van der Waals surface area contributed by atoms with Crippen LogP contribution in [-0.2, 0) is 4.74 Å². The van der Waals surface area contributed by atoms with Crippen LogP contribution in [0.2, 0.25) is 0 Å². The molecule has 72 valence electrons. The van der Waals surface area contributed by atoms with Crippen molar-refractivity contribution < 1.29 is 4.74 Å². The first kappa shape index (κ1) is 9.85. The number of rotatable bonds is 3. The highest BCUT2D eigenvalue weighted by Gasteiger charge is 2.01. The topological polar surface area (TPSA) is 52.3 Å². The van der Waals surface area contributed by atoms with Gasteiger partial charge in [0.1, 0.15) is 0 Å². The monoisotopic (exact) mass is 182 g/mol. The summed E-state index contributed by atoms with van der Waals surface area (Å²) in [5.74, 6) is 1.55. The molecule has 0 amide bonds. The zero-order valence-corrected chi connectivity index (χ0v) is 8.35. The predicted molar refractivity (Wildman–Crippen MR) is 49.9 cm³/mol. The van der Waals surface area contributed by atoms with E-state index in [1.54, 1.807) is 18.0 Å². The molecule has 13 heavy (non-hydrogen) atoms. The molecule has 0 aliphatic rings. The van der Waals surface area contributed by atoms with Gasteiger partial charge in [0.2, 0.25) is 0 Å². The number of nitrogens with zero attached hydrogens (tertiary/aromatic N) is 4. The normalized spacial score (nSPS) is 13.8. The Kier molecular flexibility index (Phi) is 3.13. The molecule has 0 bridgehead atoms. The third-order valence-electron chi connectivity index (χ3n) is 1.72. The second kappa shape index (κ2) is 4.13. The van der Waals surface area contributed by atoms with Crippen LogP contribution in [0.15, 0.2) is 5.10 Å². The Morgan fingerprint density at radius 1 is 1.38 bits per heavy atom. The Balaban J connectivity index is 2.78. The molecule has 5 nitrogen and oxygen atoms in total. The lowest BCUT2D eigenvalue weighted by Crippen LogP contribution is -2.08. The maximum Gasteiger partial charge on any atom is 0.151 e. The minimum Gasteiger partial charge on any atom is -0.376 e. The molecule has 1 heterocycles. The van der Waals surface area contributed by atoms with Crippen LogP contribution >= 0.6 is 0 Å². The van der Waals surface area contributed by atoms with Crippen LogP contribution in [0.25, 0.3) is 0 Å². The van der Waals surface area contributed by atoms with Gasteiger partial charge >= 0.3 is 0 Å². The van der Waals surface area contributed by atoms with E-state index in [0.717, 1.165) is 11.6 Å². The van der Waals surface area contributed by atoms with Crippen molar-refractivity contribution in [1.29, 1.82) is 0 Å². The molecule has 1 aromatic heterocycles. The van der Waals surface area contributed by atoms with Gasteiger partial charge in [-0.25, -0.2) is 4.68 Å². The van der Waals surface area contributed by atoms with E-state index in [2.05, 4.69) is 15.3 Å². The van der Waals surface area contributed by atoms with E-state index in [1.807, 2.05) is 20.8 Å². The lowest BCUT2D eigenvalue weighted by atomic mass is 10.5. The minimum absolute atomic E-state index is 0.00111. The van der Waals surface area contributed by atoms with Crippen LogP contribution in [0.5, 0.6) is 0 Å². The summed E-state index contributed by atoms with van der Waals surface area (Å²) < 4.78 is 6.70. The van der Waals surface area contributed by atoms with Gasteiger partial charge in [0.25, 0.3) is 0 Å². The zero-order valence-electron chi connectivity index (χ0n) is 8.35. The fraction of sp³-hybridized carbons (Fsp3) is 0.625. The van der Waals surface area contributed by atoms with Crippen molar-refractivity contribution in [3.8, 4) is 0 Å². The summed E-state index contributed by atoms with van der Waals surface area (Å²) in [5, 5.41) is 11.9. The molecule has 0 aliphatic carbocycles. The summed E-state index contributed by atoms with van der Waals surface area (Å²) in [6.07, 6.45) is 1.71. The largest absolute Gasteiger partial charge is 0.376 e. The van der Waals surface area contributed by atoms with Crippen LogP contribution in [0, 0.1) is 13.8 Å². The van der Waals surface area contributed by atoms with Crippen LogP contribution in [0.1, 0.15) is 18.6 Å². The molecule has 0 saturated carbocycles. The number of methoxy groups -OCH3 is 1. The summed E-state index contributed by atoms with van der Waals surface area (Å²) in [4.78, 5) is 0. The van der Waals surface area contributed by atoms with Crippen molar-refractivity contribution in [3.05, 3.63) is 11.6 Å². The molecule has 0 fully saturated rings. The second-order valence-electron chi connectivity index (χ2n) is 2.81. The molecule has 1 rings (SSSR count). The number of hydrogen-bond acceptors (Lipinski definition) is 4. The van der Waals surface area contributed by atoms with Crippen molar-refractivity contribution in [2.75, 3.05) is 7.11 Å². The van der Waals surface area contributed by atoms with Crippen molar-refractivity contribution in [2.45, 2.75) is 26.9 Å². The lowest BCUT2D eigenvalue weighted by molar-refractivity contribution is 0.174. The predicted octanol–water partition coefficient (Wildman–Crippen LogP) is 0.764. The second-order valence-corrected chi connectivity index (χ2v) is 2.81. The van der Waals surface area contributed by atoms with Crippen LogP contribution in [0.4, 0.5) is 0 Å². The molecule has 0 spiro atoms. The molecule has 0 N–H and O–H groups in total. The molecule has 0 aromatic carbocycles. The van der Waals surface area contributed by atoms with Crippen molar-refractivity contribution in [3.63, 3.8) is 0 Å². The summed E-state index contributed by atoms with van der Waals surface area (Å²) in [6, 6.07) is 0. The summed E-state index contributed by atoms with van der Waals surface area (Å²) in [6.45, 7) is 5.63. The highest BCUT2D eigenvalue weighted by Crippen LogP contribution is 1.98. The average Bonchev–Trinajstić information content (AvgIpc) is 2.43. The summed E-state index contributed by atoms with van der Waals surface area (Å²) in [7, 11) is 1.64. The number of aryl methyl sites for hydroxylation is 2. The van der Waals surface area contributed by atoms with Crippen LogP contribution < -0.4 is 0 Å². The molecule has 0 saturated heterocycles. The summed E-state index contributed by atoms with van der Waals surface area (Å²) in [5.41, 5.74) is 0. The molecule has 1 aromatic rings. The smallest absolute Gasteiger partial charge is 0.151 e. The Morgan fingerprint density at radius 3 is 2.38 bits per heavy atom. The fourth-order valence-corrected chi connectivity index (χ4v) is 0.852. The minimum atomic E-state index is 0.00111. The molecular weight excluding hydrogens is 168 g/mol. The first-order valence-electron chi connectivity index (χ1n) is 4.11. The van der Waals surface area contributed by atoms with E-state index >= 15 is 0 Å². The lowest BCUT2D eigenvalue weighted by Gasteiger charge is -2.02. The molecule has 0 aliphatic heterocycles. The van der Waals surface area contributed by atoms with Gasteiger partial charge in [0, 0.05) is 7.11 Å². The van der Waals surface area contributed by atoms with Crippen LogP contribution in [-0.4, -0.2) is 34.3 Å². The highest BCUT2D eigenvalue weighted by molar-refractivity contribution is 5.62. The van der Waals surface area contributed by atoms with Gasteiger partial charge < -0.3 is 4.74 Å². The Labute approximate surface area is 77.4 Å². The Bertz CT molecular complexity index is 286. The third-order valence-corrected chi connectivity index (χ3v) is 1.72. The van der Waals surface area contributed by atoms with E-state index in [-0.39, 0.29) is 6.10 Å². The SMILES string of the molecule is COC(C)/C=N/n1c(C)nnc1C. The standard InChI is InChI=1S/C8H14N4O/c1-6(13-4)5-9-12-7(2)10-11-8(12)3/h5-6H,1-4H3/b9-5+. The number of aromatic nitrogens is 3. The maximum absolute atomic E-state index is 5.02. The van der Waals surface area contributed by atoms with E-state index in [9.17, 15) is 0 Å². The molecule has 5 heteroatoms. The van der Waals surface area contributed by atoms with Gasteiger partial charge in [-0.15, -0.1) is 10.2 Å². The third kappa shape index (κ3) is 2.35. The van der Waals surface area contributed by atoms with E-state index < -0.39 is 0 Å². The number of hydrogen-bond donors (Lipinski definition) is 0. The zero-order chi connectivity index (χ0) is 9.84. The first-order valence-corrected chi connectivity index (χ1v) is 4.11. The van der Waals surface area contributed by atoms with Crippen LogP contribution in [0.3, 0.4) is 0 Å². The number of ether oxygens (including phenoxy) is 1. The van der Waals surface area contributed by atoms with Gasteiger partial charge in [-0.3, -0.25) is 0 Å². The van der Waals surface area contributed by atoms with Gasteiger partial charge in [0.15, 0.2) is 11.6 Å². The molecular formula is C8H14N4O. The maximum atomic E-state index is 5.02. The van der Waals surface area contributed by atoms with Gasteiger partial charge in [-0.1, -0.05) is 0 Å². The Morgan fingerprint density at radius 2 is 1.92 bits per heavy atom. The first-order chi connectivity index (χ1) is 6.15. The summed E-state index contributed by atoms with van der Waals surface area (Å²) >= 11 is 0. The van der Waals surface area contributed by atoms with E-state index in [1.165, 1.54) is 0 Å². The quantitative estimate of drug-likeness (QED) is 0.648. The van der Waals surface area contributed by atoms with E-state index in [4.69, 9.17) is 4.74 Å². The molecule has 1 atom stereocenters. The van der Waals surface area contributed by atoms with Gasteiger partial charge in [-0.2, -0.15) is 5.10 Å². The molecule has 1 unspecified atom stereocenters. The van der Waals surface area contributed by atoms with Crippen molar-refractivity contribution in [2.24, 2.45) is 5.10 Å². The fourth-order valence-electron chi connectivity index (χ4n) is 0.852. The average molecular weight is 182 g/mol. The Hall–Kier alpha value is -1.23. The highest BCUT2D eigenvalue weighted by atomic mass is 16.5. The van der Waals surface area contributed by atoms with E-state index in [0.29, 0.717) is 0 Å². The molecule has 0 radical (unpaired) electrons.